The number of benzene rings is 2. The summed E-state index contributed by atoms with van der Waals surface area (Å²) in [6.07, 6.45) is 0. The van der Waals surface area contributed by atoms with Crippen LogP contribution < -0.4 is 10.1 Å². The standard InChI is InChI=1S/C22H20F2N2O4/c1-14-3-4-15(2)26(14)18-9-5-16(6-10-18)21(28)29-13-20(27)25-17-7-11-19(12-8-17)30-22(23)24/h3-12,22H,13H2,1-2H3,(H,25,27). The number of nitrogens with one attached hydrogen (secondary N) is 1. The second-order valence-electron chi connectivity index (χ2n) is 6.53. The molecule has 6 nitrogen and oxygen atoms in total. The summed E-state index contributed by atoms with van der Waals surface area (Å²) in [6, 6.07) is 16.3. The number of anilines is 1. The zero-order valence-corrected chi connectivity index (χ0v) is 16.4. The number of hydrogen-bond acceptors (Lipinski definition) is 4. The van der Waals surface area contributed by atoms with Crippen LogP contribution in [0.4, 0.5) is 14.5 Å². The van der Waals surface area contributed by atoms with Crippen molar-refractivity contribution in [3.05, 3.63) is 77.6 Å². The van der Waals surface area contributed by atoms with E-state index in [0.717, 1.165) is 17.1 Å². The second kappa shape index (κ2) is 9.21. The lowest BCUT2D eigenvalue weighted by Gasteiger charge is -2.10. The van der Waals surface area contributed by atoms with E-state index in [9.17, 15) is 18.4 Å². The molecular formula is C22H20F2N2O4. The Bertz CT molecular complexity index is 1010. The number of esters is 1. The van der Waals surface area contributed by atoms with Crippen molar-refractivity contribution in [2.24, 2.45) is 0 Å². The second-order valence-corrected chi connectivity index (χ2v) is 6.53. The van der Waals surface area contributed by atoms with E-state index in [1.54, 1.807) is 24.3 Å². The van der Waals surface area contributed by atoms with Crippen molar-refractivity contribution in [2.45, 2.75) is 20.5 Å². The molecule has 0 aliphatic heterocycles. The molecule has 0 unspecified atom stereocenters. The molecule has 1 N–H and O–H groups in total. The van der Waals surface area contributed by atoms with Gasteiger partial charge < -0.3 is 19.4 Å². The van der Waals surface area contributed by atoms with Gasteiger partial charge in [-0.1, -0.05) is 0 Å². The van der Waals surface area contributed by atoms with Crippen LogP contribution in [0.15, 0.2) is 60.7 Å². The number of nitrogens with zero attached hydrogens (tertiary/aromatic N) is 1. The van der Waals surface area contributed by atoms with Crippen LogP contribution >= 0.6 is 0 Å². The van der Waals surface area contributed by atoms with Gasteiger partial charge in [-0.3, -0.25) is 4.79 Å². The Morgan fingerprint density at radius 2 is 1.53 bits per heavy atom. The summed E-state index contributed by atoms with van der Waals surface area (Å²) in [7, 11) is 0. The number of aromatic nitrogens is 1. The van der Waals surface area contributed by atoms with Crippen LogP contribution in [0.3, 0.4) is 0 Å². The van der Waals surface area contributed by atoms with Crippen LogP contribution in [0.1, 0.15) is 21.7 Å². The van der Waals surface area contributed by atoms with E-state index in [0.29, 0.717) is 11.3 Å². The number of hydrogen-bond donors (Lipinski definition) is 1. The number of carbonyl (C=O) groups is 2. The Labute approximate surface area is 172 Å². The first-order chi connectivity index (χ1) is 14.3. The summed E-state index contributed by atoms with van der Waals surface area (Å²) in [5.74, 6) is -1.21. The molecule has 1 aromatic heterocycles. The smallest absolute Gasteiger partial charge is 0.387 e. The minimum Gasteiger partial charge on any atom is -0.452 e. The Morgan fingerprint density at radius 1 is 0.933 bits per heavy atom. The van der Waals surface area contributed by atoms with Gasteiger partial charge in [-0.2, -0.15) is 8.78 Å². The predicted molar refractivity (Wildman–Crippen MR) is 107 cm³/mol. The van der Waals surface area contributed by atoms with Crippen molar-refractivity contribution in [3.8, 4) is 11.4 Å². The Morgan fingerprint density at radius 3 is 2.10 bits per heavy atom. The molecule has 1 heterocycles. The van der Waals surface area contributed by atoms with Crippen LogP contribution in [-0.2, 0) is 9.53 Å². The Balaban J connectivity index is 1.53. The van der Waals surface area contributed by atoms with E-state index in [2.05, 4.69) is 14.6 Å². The molecule has 0 spiro atoms. The van der Waals surface area contributed by atoms with Crippen LogP contribution in [0.2, 0.25) is 0 Å². The highest BCUT2D eigenvalue weighted by Gasteiger charge is 2.12. The number of alkyl halides is 2. The van der Waals surface area contributed by atoms with E-state index in [1.165, 1.54) is 24.3 Å². The fraction of sp³-hybridized carbons (Fsp3) is 0.182. The number of ether oxygens (including phenoxy) is 2. The third kappa shape index (κ3) is 5.22. The minimum absolute atomic E-state index is 0.0248. The van der Waals surface area contributed by atoms with Crippen LogP contribution in [0.5, 0.6) is 5.75 Å². The van der Waals surface area contributed by atoms with Crippen molar-refractivity contribution in [1.82, 2.24) is 4.57 Å². The van der Waals surface area contributed by atoms with Gasteiger partial charge >= 0.3 is 12.6 Å². The fourth-order valence-electron chi connectivity index (χ4n) is 2.95. The quantitative estimate of drug-likeness (QED) is 0.579. The highest BCUT2D eigenvalue weighted by molar-refractivity contribution is 5.95. The van der Waals surface area contributed by atoms with Crippen molar-refractivity contribution >= 4 is 17.6 Å². The zero-order valence-electron chi connectivity index (χ0n) is 16.4. The molecule has 8 heteroatoms. The van der Waals surface area contributed by atoms with E-state index in [-0.39, 0.29) is 5.75 Å². The first-order valence-corrected chi connectivity index (χ1v) is 9.11. The molecule has 30 heavy (non-hydrogen) atoms. The topological polar surface area (TPSA) is 69.6 Å². The monoisotopic (exact) mass is 414 g/mol. The van der Waals surface area contributed by atoms with Crippen molar-refractivity contribution < 1.29 is 27.8 Å². The minimum atomic E-state index is -2.92. The maximum absolute atomic E-state index is 12.2. The average molecular weight is 414 g/mol. The summed E-state index contributed by atoms with van der Waals surface area (Å²) in [5.41, 5.74) is 3.76. The maximum atomic E-state index is 12.2. The van der Waals surface area contributed by atoms with Gasteiger partial charge in [-0.05, 0) is 74.5 Å². The Kier molecular flexibility index (Phi) is 6.46. The van der Waals surface area contributed by atoms with Crippen molar-refractivity contribution in [1.29, 1.82) is 0 Å². The lowest BCUT2D eigenvalue weighted by molar-refractivity contribution is -0.119. The number of aryl methyl sites for hydroxylation is 2. The van der Waals surface area contributed by atoms with Gasteiger partial charge in [0.2, 0.25) is 0 Å². The van der Waals surface area contributed by atoms with Crippen LogP contribution in [-0.4, -0.2) is 29.7 Å². The third-order valence-corrected chi connectivity index (χ3v) is 4.33. The van der Waals surface area contributed by atoms with Gasteiger partial charge in [0.1, 0.15) is 5.75 Å². The average Bonchev–Trinajstić information content (AvgIpc) is 3.05. The van der Waals surface area contributed by atoms with E-state index >= 15 is 0 Å². The first kappa shape index (κ1) is 21.0. The number of rotatable bonds is 7. The molecule has 0 radical (unpaired) electrons. The highest BCUT2D eigenvalue weighted by atomic mass is 19.3. The molecule has 0 saturated carbocycles. The molecule has 3 aromatic rings. The lowest BCUT2D eigenvalue weighted by Crippen LogP contribution is -2.20. The third-order valence-electron chi connectivity index (χ3n) is 4.33. The van der Waals surface area contributed by atoms with Crippen molar-refractivity contribution in [3.63, 3.8) is 0 Å². The van der Waals surface area contributed by atoms with Gasteiger partial charge in [0.05, 0.1) is 5.56 Å². The molecule has 2 aromatic carbocycles. The van der Waals surface area contributed by atoms with Crippen LogP contribution in [0, 0.1) is 13.8 Å². The molecule has 0 atom stereocenters. The molecule has 0 bridgehead atoms. The fourth-order valence-corrected chi connectivity index (χ4v) is 2.95. The number of halogens is 2. The summed E-state index contributed by atoms with van der Waals surface area (Å²) >= 11 is 0. The molecule has 0 saturated heterocycles. The van der Waals surface area contributed by atoms with Gasteiger partial charge in [-0.25, -0.2) is 4.79 Å². The molecule has 0 aliphatic carbocycles. The number of amides is 1. The van der Waals surface area contributed by atoms with Crippen LogP contribution in [0.25, 0.3) is 5.69 Å². The SMILES string of the molecule is Cc1ccc(C)n1-c1ccc(C(=O)OCC(=O)Nc2ccc(OC(F)F)cc2)cc1. The first-order valence-electron chi connectivity index (χ1n) is 9.11. The molecule has 156 valence electrons. The van der Waals surface area contributed by atoms with E-state index < -0.39 is 25.1 Å². The summed E-state index contributed by atoms with van der Waals surface area (Å²) in [4.78, 5) is 24.1. The Hall–Kier alpha value is -3.68. The summed E-state index contributed by atoms with van der Waals surface area (Å²) in [6.45, 7) is 0.585. The highest BCUT2D eigenvalue weighted by Crippen LogP contribution is 2.18. The van der Waals surface area contributed by atoms with Crippen molar-refractivity contribution in [2.75, 3.05) is 11.9 Å². The molecule has 0 fully saturated rings. The molecule has 3 rings (SSSR count). The predicted octanol–water partition coefficient (Wildman–Crippen LogP) is 4.49. The van der Waals surface area contributed by atoms with Gasteiger partial charge in [-0.15, -0.1) is 0 Å². The molecule has 0 aliphatic rings. The van der Waals surface area contributed by atoms with E-state index in [1.807, 2.05) is 26.0 Å². The summed E-state index contributed by atoms with van der Waals surface area (Å²) < 4.78 is 35.6. The zero-order chi connectivity index (χ0) is 21.7. The van der Waals surface area contributed by atoms with Gasteiger partial charge in [0.25, 0.3) is 5.91 Å². The largest absolute Gasteiger partial charge is 0.452 e. The van der Waals surface area contributed by atoms with Gasteiger partial charge in [0, 0.05) is 22.8 Å². The molecular weight excluding hydrogens is 394 g/mol. The maximum Gasteiger partial charge on any atom is 0.387 e. The number of carbonyl (C=O) groups excluding carboxylic acids is 2. The normalized spacial score (nSPS) is 10.7. The molecule has 1 amide bonds. The van der Waals surface area contributed by atoms with E-state index in [4.69, 9.17) is 4.74 Å². The lowest BCUT2D eigenvalue weighted by atomic mass is 10.2. The van der Waals surface area contributed by atoms with Gasteiger partial charge in [0.15, 0.2) is 6.61 Å². The summed E-state index contributed by atoms with van der Waals surface area (Å²) in [5, 5.41) is 2.51.